The van der Waals surface area contributed by atoms with Gasteiger partial charge in [0.15, 0.2) is 0 Å². The van der Waals surface area contributed by atoms with E-state index in [1.807, 2.05) is 30.3 Å². The maximum atomic E-state index is 11.6. The summed E-state index contributed by atoms with van der Waals surface area (Å²) in [5.41, 5.74) is 7.01. The summed E-state index contributed by atoms with van der Waals surface area (Å²) in [7, 11) is 4.75. The molecule has 0 saturated carbocycles. The molecule has 5 nitrogen and oxygen atoms in total. The molecule has 0 spiro atoms. The highest BCUT2D eigenvalue weighted by Crippen LogP contribution is 2.35. The van der Waals surface area contributed by atoms with Crippen LogP contribution in [0.3, 0.4) is 0 Å². The topological polar surface area (TPSA) is 48.0 Å². The Balaban J connectivity index is 1.49. The van der Waals surface area contributed by atoms with Gasteiger partial charge in [0, 0.05) is 37.0 Å². The molecule has 0 aromatic heterocycles. The van der Waals surface area contributed by atoms with Crippen LogP contribution >= 0.6 is 0 Å². The minimum absolute atomic E-state index is 0.304. The van der Waals surface area contributed by atoms with E-state index in [0.29, 0.717) is 5.56 Å². The minimum Gasteiger partial charge on any atom is -0.497 e. The van der Waals surface area contributed by atoms with Crippen molar-refractivity contribution in [2.45, 2.75) is 25.9 Å². The van der Waals surface area contributed by atoms with Gasteiger partial charge in [0.05, 0.1) is 26.9 Å². The van der Waals surface area contributed by atoms with E-state index in [1.54, 1.807) is 14.2 Å². The van der Waals surface area contributed by atoms with Gasteiger partial charge in [-0.2, -0.15) is 0 Å². The number of anilines is 1. The highest BCUT2D eigenvalue weighted by atomic mass is 16.5. The number of methoxy groups -OCH3 is 3. The Morgan fingerprint density at radius 3 is 2.23 bits per heavy atom. The summed E-state index contributed by atoms with van der Waals surface area (Å²) in [5, 5.41) is 0. The van der Waals surface area contributed by atoms with E-state index in [2.05, 4.69) is 35.2 Å². The summed E-state index contributed by atoms with van der Waals surface area (Å²) >= 11 is 0. The van der Waals surface area contributed by atoms with Gasteiger partial charge in [-0.05, 0) is 47.2 Å². The highest BCUT2D eigenvalue weighted by Gasteiger charge is 2.22. The summed E-state index contributed by atoms with van der Waals surface area (Å²) in [6.45, 7) is 1.73. The fraction of sp³-hybridized carbons (Fsp3) is 0.269. The summed E-state index contributed by atoms with van der Waals surface area (Å²) < 4.78 is 15.7. The number of fused-ring (bicyclic) bond motifs is 1. The number of carbonyl (C=O) groups is 1. The first-order valence-electron chi connectivity index (χ1n) is 10.4. The van der Waals surface area contributed by atoms with E-state index < -0.39 is 0 Å². The van der Waals surface area contributed by atoms with Gasteiger partial charge in [0.1, 0.15) is 11.5 Å². The molecule has 4 rings (SSSR count). The lowest BCUT2D eigenvalue weighted by Crippen LogP contribution is -2.14. The molecule has 31 heavy (non-hydrogen) atoms. The van der Waals surface area contributed by atoms with Gasteiger partial charge in [0.2, 0.25) is 0 Å². The van der Waals surface area contributed by atoms with Gasteiger partial charge in [-0.15, -0.1) is 0 Å². The Morgan fingerprint density at radius 2 is 1.58 bits per heavy atom. The molecule has 1 aliphatic rings. The molecule has 0 bridgehead atoms. The number of rotatable bonds is 7. The van der Waals surface area contributed by atoms with Crippen LogP contribution in [-0.4, -0.2) is 27.3 Å². The highest BCUT2D eigenvalue weighted by molar-refractivity contribution is 5.89. The maximum absolute atomic E-state index is 11.6. The van der Waals surface area contributed by atoms with Gasteiger partial charge in [-0.25, -0.2) is 4.79 Å². The van der Waals surface area contributed by atoms with E-state index >= 15 is 0 Å². The van der Waals surface area contributed by atoms with Crippen molar-refractivity contribution in [1.29, 1.82) is 0 Å². The molecule has 0 atom stereocenters. The van der Waals surface area contributed by atoms with Crippen molar-refractivity contribution in [3.63, 3.8) is 0 Å². The van der Waals surface area contributed by atoms with Crippen LogP contribution in [0.4, 0.5) is 5.69 Å². The molecule has 3 aromatic carbocycles. The first-order valence-corrected chi connectivity index (χ1v) is 10.4. The van der Waals surface area contributed by atoms with Crippen molar-refractivity contribution in [3.8, 4) is 11.5 Å². The molecule has 0 aliphatic carbocycles. The largest absolute Gasteiger partial charge is 0.497 e. The predicted octanol–water partition coefficient (Wildman–Crippen LogP) is 4.80. The minimum atomic E-state index is -0.304. The quantitative estimate of drug-likeness (QED) is 0.517. The molecule has 160 valence electrons. The SMILES string of the molecule is COC(=O)c1ccc(CCc2cccc3c2CN(c2cc(OC)cc(OC)c2)C3)cc1. The second-order valence-corrected chi connectivity index (χ2v) is 7.67. The van der Waals surface area contributed by atoms with Crippen molar-refractivity contribution in [1.82, 2.24) is 0 Å². The van der Waals surface area contributed by atoms with Crippen LogP contribution in [0, 0.1) is 0 Å². The van der Waals surface area contributed by atoms with Crippen LogP contribution < -0.4 is 14.4 Å². The van der Waals surface area contributed by atoms with Crippen molar-refractivity contribution in [2.24, 2.45) is 0 Å². The van der Waals surface area contributed by atoms with Crippen LogP contribution in [-0.2, 0) is 30.7 Å². The Kier molecular flexibility index (Phi) is 6.12. The molecule has 0 amide bonds. The first kappa shape index (κ1) is 20.8. The van der Waals surface area contributed by atoms with E-state index in [9.17, 15) is 4.79 Å². The zero-order valence-electron chi connectivity index (χ0n) is 18.2. The molecule has 5 heteroatoms. The van der Waals surface area contributed by atoms with Crippen LogP contribution in [0.25, 0.3) is 0 Å². The van der Waals surface area contributed by atoms with Crippen LogP contribution in [0.15, 0.2) is 60.7 Å². The van der Waals surface area contributed by atoms with E-state index in [4.69, 9.17) is 14.2 Å². The fourth-order valence-corrected chi connectivity index (χ4v) is 4.09. The number of aryl methyl sites for hydroxylation is 2. The van der Waals surface area contributed by atoms with Crippen molar-refractivity contribution < 1.29 is 19.0 Å². The molecule has 0 N–H and O–H groups in total. The zero-order chi connectivity index (χ0) is 21.8. The Labute approximate surface area is 183 Å². The smallest absolute Gasteiger partial charge is 0.337 e. The fourth-order valence-electron chi connectivity index (χ4n) is 4.09. The molecule has 3 aromatic rings. The molecule has 1 heterocycles. The van der Waals surface area contributed by atoms with Gasteiger partial charge in [-0.1, -0.05) is 30.3 Å². The summed E-state index contributed by atoms with van der Waals surface area (Å²) in [6, 6.07) is 20.2. The van der Waals surface area contributed by atoms with E-state index in [0.717, 1.165) is 43.1 Å². The molecular weight excluding hydrogens is 390 g/mol. The number of nitrogens with zero attached hydrogens (tertiary/aromatic N) is 1. The number of esters is 1. The van der Waals surface area contributed by atoms with Crippen molar-refractivity contribution in [2.75, 3.05) is 26.2 Å². The number of hydrogen-bond acceptors (Lipinski definition) is 5. The number of hydrogen-bond donors (Lipinski definition) is 0. The molecule has 0 radical (unpaired) electrons. The molecule has 0 saturated heterocycles. The van der Waals surface area contributed by atoms with E-state index in [1.165, 1.54) is 29.4 Å². The lowest BCUT2D eigenvalue weighted by atomic mass is 9.97. The molecule has 0 unspecified atom stereocenters. The monoisotopic (exact) mass is 417 g/mol. The van der Waals surface area contributed by atoms with Gasteiger partial charge in [-0.3, -0.25) is 0 Å². The standard InChI is InChI=1S/C26H27NO4/c1-29-23-13-22(14-24(15-23)30-2)27-16-21-6-4-5-19(25(21)17-27)10-7-18-8-11-20(12-9-18)26(28)31-3/h4-6,8-9,11-15H,7,10,16-17H2,1-3H3. The number of ether oxygens (including phenoxy) is 3. The van der Waals surface area contributed by atoms with Crippen molar-refractivity contribution >= 4 is 11.7 Å². The average Bonchev–Trinajstić information content (AvgIpc) is 3.27. The lowest BCUT2D eigenvalue weighted by molar-refractivity contribution is 0.0600. The second-order valence-electron chi connectivity index (χ2n) is 7.67. The first-order chi connectivity index (χ1) is 15.1. The zero-order valence-corrected chi connectivity index (χ0v) is 18.2. The average molecular weight is 418 g/mol. The predicted molar refractivity (Wildman–Crippen MR) is 121 cm³/mol. The summed E-state index contributed by atoms with van der Waals surface area (Å²) in [4.78, 5) is 14.0. The molecular formula is C26H27NO4. The number of benzene rings is 3. The summed E-state index contributed by atoms with van der Waals surface area (Å²) in [6.07, 6.45) is 1.88. The normalized spacial score (nSPS) is 12.4. The third-order valence-corrected chi connectivity index (χ3v) is 5.84. The van der Waals surface area contributed by atoms with Gasteiger partial charge < -0.3 is 19.1 Å². The molecule has 1 aliphatic heterocycles. The molecule has 0 fully saturated rings. The Hall–Kier alpha value is -3.47. The third kappa shape index (κ3) is 4.50. The van der Waals surface area contributed by atoms with Crippen LogP contribution in [0.1, 0.15) is 32.6 Å². The summed E-state index contributed by atoms with van der Waals surface area (Å²) in [5.74, 6) is 1.28. The van der Waals surface area contributed by atoms with Crippen molar-refractivity contribution in [3.05, 3.63) is 88.5 Å². The van der Waals surface area contributed by atoms with E-state index in [-0.39, 0.29) is 5.97 Å². The third-order valence-electron chi connectivity index (χ3n) is 5.84. The van der Waals surface area contributed by atoms with Crippen LogP contribution in [0.2, 0.25) is 0 Å². The second kappa shape index (κ2) is 9.13. The number of carbonyl (C=O) groups excluding carboxylic acids is 1. The Bertz CT molecular complexity index is 1050. The van der Waals surface area contributed by atoms with Gasteiger partial charge >= 0.3 is 5.97 Å². The Morgan fingerprint density at radius 1 is 0.871 bits per heavy atom. The van der Waals surface area contributed by atoms with Gasteiger partial charge in [0.25, 0.3) is 0 Å². The van der Waals surface area contributed by atoms with Crippen LogP contribution in [0.5, 0.6) is 11.5 Å². The maximum Gasteiger partial charge on any atom is 0.337 e. The lowest BCUT2D eigenvalue weighted by Gasteiger charge is -2.19.